The molecule has 3 aromatic carbocycles. The second-order valence-electron chi connectivity index (χ2n) is 6.40. The summed E-state index contributed by atoms with van der Waals surface area (Å²) in [6.45, 7) is 10.1. The van der Waals surface area contributed by atoms with Crippen LogP contribution < -0.4 is 15.3 Å². The van der Waals surface area contributed by atoms with Gasteiger partial charge >= 0.3 is 17.4 Å². The van der Waals surface area contributed by atoms with Crippen molar-refractivity contribution in [2.75, 3.05) is 0 Å². The predicted octanol–water partition coefficient (Wildman–Crippen LogP) is 0.968. The van der Waals surface area contributed by atoms with E-state index in [2.05, 4.69) is 19.7 Å². The van der Waals surface area contributed by atoms with Crippen molar-refractivity contribution >= 4 is 52.0 Å². The number of carbonyl (C=O) groups excluding carboxylic acids is 3. The first-order valence-corrected chi connectivity index (χ1v) is 9.52. The molecule has 0 spiro atoms. The van der Waals surface area contributed by atoms with Crippen LogP contribution in [0.1, 0.15) is 16.7 Å². The van der Waals surface area contributed by atoms with Crippen LogP contribution >= 0.6 is 0 Å². The van der Waals surface area contributed by atoms with Crippen LogP contribution in [0.3, 0.4) is 0 Å². The van der Waals surface area contributed by atoms with E-state index in [1.54, 1.807) is 72.8 Å². The minimum Gasteiger partial charge on any atom is -0.545 e. The van der Waals surface area contributed by atoms with Gasteiger partial charge in [-0.1, -0.05) is 111 Å². The van der Waals surface area contributed by atoms with E-state index in [0.29, 0.717) is 16.7 Å². The Morgan fingerprint density at radius 1 is 0.441 bits per heavy atom. The zero-order valence-electron chi connectivity index (χ0n) is 18.3. The molecule has 168 valence electrons. The molecule has 3 rings (SSSR count). The molecule has 0 saturated carbocycles. The molecule has 0 radical (unpaired) electrons. The van der Waals surface area contributed by atoms with Crippen LogP contribution in [-0.4, -0.2) is 35.3 Å². The minimum atomic E-state index is -1.23. The molecule has 0 aliphatic heterocycles. The Hall–Kier alpha value is -4.18. The Morgan fingerprint density at radius 3 is 0.765 bits per heavy atom. The molecule has 0 aliphatic carbocycles. The molecule has 7 heteroatoms. The summed E-state index contributed by atoms with van der Waals surface area (Å²) in [5.74, 6) is -3.68. The quantitative estimate of drug-likeness (QED) is 0.393. The normalized spacial score (nSPS) is 8.82. The topological polar surface area (TPSA) is 120 Å². The van der Waals surface area contributed by atoms with Crippen LogP contribution in [0, 0.1) is 0 Å². The first kappa shape index (κ1) is 29.8. The first-order chi connectivity index (χ1) is 15.6. The molecule has 6 nitrogen and oxygen atoms in total. The van der Waals surface area contributed by atoms with Crippen LogP contribution in [0.2, 0.25) is 0 Å². The van der Waals surface area contributed by atoms with Crippen LogP contribution in [0.5, 0.6) is 0 Å². The van der Waals surface area contributed by atoms with Crippen molar-refractivity contribution in [3.63, 3.8) is 0 Å². The van der Waals surface area contributed by atoms with Gasteiger partial charge in [-0.15, -0.1) is 0 Å². The summed E-state index contributed by atoms with van der Waals surface area (Å²) in [5.41, 5.74) is 1.83. The Labute approximate surface area is 209 Å². The van der Waals surface area contributed by atoms with E-state index in [4.69, 9.17) is 0 Å². The van der Waals surface area contributed by atoms with Gasteiger partial charge in [-0.05, 0) is 33.4 Å². The van der Waals surface area contributed by atoms with E-state index >= 15 is 0 Å². The van der Waals surface area contributed by atoms with Crippen LogP contribution in [-0.2, 0) is 14.4 Å². The number of rotatable bonds is 6. The fourth-order valence-electron chi connectivity index (χ4n) is 2.27. The largest absolute Gasteiger partial charge is 3.00 e. The van der Waals surface area contributed by atoms with E-state index in [9.17, 15) is 29.7 Å². The summed E-state index contributed by atoms with van der Waals surface area (Å²) in [5, 5.41) is 30.9. The Morgan fingerprint density at radius 2 is 0.618 bits per heavy atom. The first-order valence-electron chi connectivity index (χ1n) is 9.52. The summed E-state index contributed by atoms with van der Waals surface area (Å²) in [6, 6.07) is 26.0. The molecular weight excluding hydrogens is 447 g/mol. The number of benzene rings is 3. The van der Waals surface area contributed by atoms with E-state index < -0.39 is 17.9 Å². The summed E-state index contributed by atoms with van der Waals surface area (Å²) in [4.78, 5) is 30.9. The van der Waals surface area contributed by atoms with E-state index in [-0.39, 0.29) is 34.1 Å². The van der Waals surface area contributed by atoms with Gasteiger partial charge in [0, 0.05) is 0 Å². The Bertz CT molecular complexity index is 977. The third-order valence-electron chi connectivity index (χ3n) is 4.11. The molecule has 0 fully saturated rings. The second kappa shape index (κ2) is 15.6. The molecule has 0 unspecified atom stereocenters. The van der Waals surface area contributed by atoms with Gasteiger partial charge in [-0.3, -0.25) is 0 Å². The van der Waals surface area contributed by atoms with Gasteiger partial charge < -0.3 is 29.7 Å². The maximum absolute atomic E-state index is 10.3. The van der Waals surface area contributed by atoms with Crippen molar-refractivity contribution in [2.24, 2.45) is 0 Å². The van der Waals surface area contributed by atoms with Crippen molar-refractivity contribution in [3.05, 3.63) is 127 Å². The smallest absolute Gasteiger partial charge is 0.545 e. The zero-order valence-corrected chi connectivity index (χ0v) is 19.5. The molecule has 34 heavy (non-hydrogen) atoms. The van der Waals surface area contributed by atoms with Crippen molar-refractivity contribution in [1.82, 2.24) is 0 Å². The molecule has 0 amide bonds. The number of aliphatic carboxylic acids is 3. The summed E-state index contributed by atoms with van der Waals surface area (Å²) in [6.07, 6.45) is 0. The van der Waals surface area contributed by atoms with Crippen molar-refractivity contribution < 1.29 is 29.7 Å². The van der Waals surface area contributed by atoms with Gasteiger partial charge in [0.05, 0.1) is 17.9 Å². The second-order valence-corrected chi connectivity index (χ2v) is 6.40. The summed E-state index contributed by atoms with van der Waals surface area (Å²) >= 11 is 0. The maximum Gasteiger partial charge on any atom is 3.00 e. The zero-order chi connectivity index (χ0) is 24.8. The molecule has 0 heterocycles. The number of hydrogen-bond donors (Lipinski definition) is 0. The average molecular weight is 468 g/mol. The van der Waals surface area contributed by atoms with Gasteiger partial charge in [0.25, 0.3) is 0 Å². The summed E-state index contributed by atoms with van der Waals surface area (Å²) in [7, 11) is 0. The monoisotopic (exact) mass is 468 g/mol. The van der Waals surface area contributed by atoms with Crippen LogP contribution in [0.25, 0.3) is 16.7 Å². The number of carboxylic acids is 3. The van der Waals surface area contributed by atoms with Gasteiger partial charge in [0.2, 0.25) is 0 Å². The molecule has 0 saturated heterocycles. The SMILES string of the molecule is C=C(C(=O)[O-])c1ccccc1.C=C(C(=O)[O-])c1ccccc1.C=C(C(=O)[O-])c1ccccc1.[Al+3]. The van der Waals surface area contributed by atoms with Gasteiger partial charge in [0.15, 0.2) is 0 Å². The minimum absolute atomic E-state index is 0. The Kier molecular flexibility index (Phi) is 13.7. The van der Waals surface area contributed by atoms with E-state index in [0.717, 1.165) is 0 Å². The predicted molar refractivity (Wildman–Crippen MR) is 127 cm³/mol. The Balaban J connectivity index is 0.000000473. The third-order valence-corrected chi connectivity index (χ3v) is 4.11. The standard InChI is InChI=1S/3C9H8O2.Al/c3*1-7(9(10)11)8-5-3-2-4-6-8;/h3*2-6H,1H2,(H,10,11);/q;;;+3/p-3. The number of carboxylic acid groups (broad SMARTS) is 3. The third kappa shape index (κ3) is 10.4. The molecule has 0 aromatic heterocycles. The van der Waals surface area contributed by atoms with Gasteiger partial charge in [-0.2, -0.15) is 0 Å². The van der Waals surface area contributed by atoms with Gasteiger partial charge in [-0.25, -0.2) is 0 Å². The fraction of sp³-hybridized carbons (Fsp3) is 0. The molecule has 0 N–H and O–H groups in total. The maximum atomic E-state index is 10.3. The fourth-order valence-corrected chi connectivity index (χ4v) is 2.27. The van der Waals surface area contributed by atoms with Crippen molar-refractivity contribution in [2.45, 2.75) is 0 Å². The number of hydrogen-bond acceptors (Lipinski definition) is 6. The summed E-state index contributed by atoms with van der Waals surface area (Å²) < 4.78 is 0. The number of carbonyl (C=O) groups is 3. The van der Waals surface area contributed by atoms with Crippen LogP contribution in [0.15, 0.2) is 111 Å². The molecule has 0 aliphatic rings. The van der Waals surface area contributed by atoms with Gasteiger partial charge in [0.1, 0.15) is 0 Å². The van der Waals surface area contributed by atoms with Crippen LogP contribution in [0.4, 0.5) is 0 Å². The van der Waals surface area contributed by atoms with E-state index in [1.165, 1.54) is 0 Å². The average Bonchev–Trinajstić information content (AvgIpc) is 2.84. The van der Waals surface area contributed by atoms with E-state index in [1.807, 2.05) is 18.2 Å². The molecule has 0 bridgehead atoms. The molecular formula is C27H21AlO6. The molecule has 3 aromatic rings. The van der Waals surface area contributed by atoms with Crippen molar-refractivity contribution in [3.8, 4) is 0 Å². The molecule has 0 atom stereocenters. The van der Waals surface area contributed by atoms with Crippen molar-refractivity contribution in [1.29, 1.82) is 0 Å².